The van der Waals surface area contributed by atoms with Crippen LogP contribution in [0.2, 0.25) is 0 Å². The molecule has 1 aromatic heterocycles. The van der Waals surface area contributed by atoms with Crippen LogP contribution in [0.25, 0.3) is 0 Å². The molecule has 1 aromatic carbocycles. The summed E-state index contributed by atoms with van der Waals surface area (Å²) in [5, 5.41) is 7.43. The second-order valence-electron chi connectivity index (χ2n) is 6.30. The highest BCUT2D eigenvalue weighted by molar-refractivity contribution is 5.94. The molecular weight excluding hydrogens is 361 g/mol. The van der Waals surface area contributed by atoms with Crippen molar-refractivity contribution in [3.63, 3.8) is 0 Å². The van der Waals surface area contributed by atoms with Gasteiger partial charge >= 0.3 is 6.18 Å². The Balaban J connectivity index is 1.50. The van der Waals surface area contributed by atoms with Gasteiger partial charge in [-0.3, -0.25) is 9.48 Å². The van der Waals surface area contributed by atoms with E-state index in [-0.39, 0.29) is 11.8 Å². The Morgan fingerprint density at radius 2 is 1.96 bits per heavy atom. The van der Waals surface area contributed by atoms with Gasteiger partial charge in [-0.1, -0.05) is 0 Å². The number of amides is 1. The molecule has 3 rings (SSSR count). The zero-order valence-electron chi connectivity index (χ0n) is 14.4. The Kier molecular flexibility index (Phi) is 5.78. The number of hydrogen-bond acceptors (Lipinski definition) is 4. The van der Waals surface area contributed by atoms with Crippen LogP contribution in [0.1, 0.15) is 41.7 Å². The van der Waals surface area contributed by atoms with Crippen LogP contribution in [0.5, 0.6) is 5.75 Å². The summed E-state index contributed by atoms with van der Waals surface area (Å²) in [7, 11) is 0. The molecular formula is C18H19F3N4O2. The minimum Gasteiger partial charge on any atom is -0.490 e. The van der Waals surface area contributed by atoms with Gasteiger partial charge in [0.1, 0.15) is 18.0 Å². The number of aromatic nitrogens is 2. The molecule has 6 nitrogen and oxygen atoms in total. The van der Waals surface area contributed by atoms with Crippen LogP contribution in [0.4, 0.5) is 13.2 Å². The van der Waals surface area contributed by atoms with Crippen LogP contribution in [0.3, 0.4) is 0 Å². The van der Waals surface area contributed by atoms with Crippen molar-refractivity contribution in [3.8, 4) is 5.75 Å². The fourth-order valence-corrected chi connectivity index (χ4v) is 2.82. The Bertz CT molecular complexity index is 794. The Morgan fingerprint density at radius 1 is 1.26 bits per heavy atom. The van der Waals surface area contributed by atoms with Crippen molar-refractivity contribution in [3.05, 3.63) is 47.8 Å². The summed E-state index contributed by atoms with van der Waals surface area (Å²) in [6.07, 6.45) is 2.73. The average Bonchev–Trinajstić information content (AvgIpc) is 3.26. The maximum Gasteiger partial charge on any atom is 0.408 e. The molecule has 0 aliphatic heterocycles. The van der Waals surface area contributed by atoms with Gasteiger partial charge in [0.2, 0.25) is 0 Å². The summed E-state index contributed by atoms with van der Waals surface area (Å²) in [4.78, 5) is 12.0. The second-order valence-corrected chi connectivity index (χ2v) is 6.30. The first-order valence-electron chi connectivity index (χ1n) is 8.59. The second kappa shape index (κ2) is 8.24. The largest absolute Gasteiger partial charge is 0.490 e. The number of carbonyl (C=O) groups is 1. The standard InChI is InChI=1S/C18H19F3N4O2/c19-18(20,21)12-25-10-9-14(24-25)11-22-23-17(26)13-5-7-16(8-6-13)27-15-3-1-2-4-15/h5-11,15H,1-4,12H2,(H,23,26). The molecule has 9 heteroatoms. The zero-order chi connectivity index (χ0) is 19.3. The summed E-state index contributed by atoms with van der Waals surface area (Å²) in [5.74, 6) is 0.283. The molecule has 0 unspecified atom stereocenters. The van der Waals surface area contributed by atoms with E-state index in [4.69, 9.17) is 4.74 Å². The number of hydrogen-bond donors (Lipinski definition) is 1. The lowest BCUT2D eigenvalue weighted by molar-refractivity contribution is -0.142. The van der Waals surface area contributed by atoms with E-state index >= 15 is 0 Å². The van der Waals surface area contributed by atoms with Crippen molar-refractivity contribution < 1.29 is 22.7 Å². The number of alkyl halides is 3. The van der Waals surface area contributed by atoms with Crippen molar-refractivity contribution in [2.45, 2.75) is 44.5 Å². The minimum atomic E-state index is -4.34. The summed E-state index contributed by atoms with van der Waals surface area (Å²) in [6, 6.07) is 8.10. The minimum absolute atomic E-state index is 0.208. The fraction of sp³-hybridized carbons (Fsp3) is 0.389. The number of nitrogens with one attached hydrogen (secondary N) is 1. The molecule has 1 heterocycles. The van der Waals surface area contributed by atoms with Gasteiger partial charge in [-0.2, -0.15) is 23.4 Å². The smallest absolute Gasteiger partial charge is 0.408 e. The number of halogens is 3. The van der Waals surface area contributed by atoms with E-state index in [1.54, 1.807) is 24.3 Å². The first-order valence-corrected chi connectivity index (χ1v) is 8.59. The molecule has 2 aromatic rings. The Hall–Kier alpha value is -2.84. The molecule has 1 aliphatic rings. The summed E-state index contributed by atoms with van der Waals surface area (Å²) < 4.78 is 43.4. The maximum absolute atomic E-state index is 12.3. The number of carbonyl (C=O) groups excluding carboxylic acids is 1. The molecule has 0 atom stereocenters. The van der Waals surface area contributed by atoms with Gasteiger partial charge in [0.15, 0.2) is 0 Å². The SMILES string of the molecule is O=C(NN=Cc1ccn(CC(F)(F)F)n1)c1ccc(OC2CCCC2)cc1. The van der Waals surface area contributed by atoms with Crippen LogP contribution in [0, 0.1) is 0 Å². The molecule has 1 fully saturated rings. The molecule has 0 radical (unpaired) electrons. The quantitative estimate of drug-likeness (QED) is 0.616. The molecule has 0 saturated heterocycles. The lowest BCUT2D eigenvalue weighted by atomic mass is 10.2. The van der Waals surface area contributed by atoms with Crippen LogP contribution in [-0.2, 0) is 6.54 Å². The molecule has 1 N–H and O–H groups in total. The van der Waals surface area contributed by atoms with E-state index < -0.39 is 18.6 Å². The molecule has 27 heavy (non-hydrogen) atoms. The van der Waals surface area contributed by atoms with E-state index in [9.17, 15) is 18.0 Å². The normalized spacial score (nSPS) is 15.4. The van der Waals surface area contributed by atoms with Gasteiger partial charge < -0.3 is 4.74 Å². The van der Waals surface area contributed by atoms with Crippen molar-refractivity contribution >= 4 is 12.1 Å². The molecule has 1 aliphatic carbocycles. The number of ether oxygens (including phenoxy) is 1. The summed E-state index contributed by atoms with van der Waals surface area (Å²) in [5.41, 5.74) is 2.92. The number of rotatable bonds is 6. The maximum atomic E-state index is 12.3. The van der Waals surface area contributed by atoms with Gasteiger partial charge in [-0.25, -0.2) is 5.43 Å². The van der Waals surface area contributed by atoms with E-state index in [0.29, 0.717) is 5.56 Å². The van der Waals surface area contributed by atoms with Crippen molar-refractivity contribution in [2.75, 3.05) is 0 Å². The van der Waals surface area contributed by atoms with E-state index in [0.717, 1.165) is 23.3 Å². The van der Waals surface area contributed by atoms with E-state index in [1.807, 2.05) is 0 Å². The highest BCUT2D eigenvalue weighted by Gasteiger charge is 2.28. The number of nitrogens with zero attached hydrogens (tertiary/aromatic N) is 3. The van der Waals surface area contributed by atoms with Crippen molar-refractivity contribution in [1.29, 1.82) is 0 Å². The van der Waals surface area contributed by atoms with Gasteiger partial charge in [-0.05, 0) is 56.0 Å². The molecule has 144 valence electrons. The molecule has 1 amide bonds. The van der Waals surface area contributed by atoms with E-state index in [1.165, 1.54) is 31.3 Å². The monoisotopic (exact) mass is 380 g/mol. The average molecular weight is 380 g/mol. The fourth-order valence-electron chi connectivity index (χ4n) is 2.82. The lowest BCUT2D eigenvalue weighted by Gasteiger charge is -2.12. The van der Waals surface area contributed by atoms with Crippen LogP contribution in [0.15, 0.2) is 41.6 Å². The predicted molar refractivity (Wildman–Crippen MR) is 92.7 cm³/mol. The van der Waals surface area contributed by atoms with Gasteiger partial charge in [0.25, 0.3) is 5.91 Å². The first-order chi connectivity index (χ1) is 12.9. The molecule has 0 spiro atoms. The van der Waals surface area contributed by atoms with E-state index in [2.05, 4.69) is 15.6 Å². The van der Waals surface area contributed by atoms with Crippen LogP contribution in [-0.4, -0.2) is 34.2 Å². The van der Waals surface area contributed by atoms with Crippen molar-refractivity contribution in [1.82, 2.24) is 15.2 Å². The number of benzene rings is 1. The lowest BCUT2D eigenvalue weighted by Crippen LogP contribution is -2.18. The first kappa shape index (κ1) is 18.9. The predicted octanol–water partition coefficient (Wildman–Crippen LogP) is 3.53. The highest BCUT2D eigenvalue weighted by Crippen LogP contribution is 2.24. The third-order valence-corrected chi connectivity index (χ3v) is 4.09. The van der Waals surface area contributed by atoms with Gasteiger partial charge in [-0.15, -0.1) is 0 Å². The Labute approximate surface area is 154 Å². The van der Waals surface area contributed by atoms with Crippen LogP contribution >= 0.6 is 0 Å². The molecule has 1 saturated carbocycles. The van der Waals surface area contributed by atoms with Gasteiger partial charge in [0.05, 0.1) is 12.3 Å². The summed E-state index contributed by atoms with van der Waals surface area (Å²) >= 11 is 0. The zero-order valence-corrected chi connectivity index (χ0v) is 14.4. The topological polar surface area (TPSA) is 68.5 Å². The van der Waals surface area contributed by atoms with Crippen LogP contribution < -0.4 is 10.2 Å². The molecule has 0 bridgehead atoms. The summed E-state index contributed by atoms with van der Waals surface area (Å²) in [6.45, 7) is -1.18. The van der Waals surface area contributed by atoms with Crippen molar-refractivity contribution in [2.24, 2.45) is 5.10 Å². The highest BCUT2D eigenvalue weighted by atomic mass is 19.4. The Morgan fingerprint density at radius 3 is 2.63 bits per heavy atom. The third-order valence-electron chi connectivity index (χ3n) is 4.09. The number of hydrazone groups is 1. The third kappa shape index (κ3) is 5.83. The van der Waals surface area contributed by atoms with Gasteiger partial charge in [0, 0.05) is 11.8 Å².